The van der Waals surface area contributed by atoms with Crippen molar-refractivity contribution in [1.82, 2.24) is 14.5 Å². The van der Waals surface area contributed by atoms with Crippen LogP contribution in [0.15, 0.2) is 6.20 Å². The zero-order valence-electron chi connectivity index (χ0n) is 11.6. The van der Waals surface area contributed by atoms with Crippen LogP contribution in [0.25, 0.3) is 0 Å². The van der Waals surface area contributed by atoms with E-state index in [4.69, 9.17) is 4.74 Å². The smallest absolute Gasteiger partial charge is 0.203 e. The zero-order valence-corrected chi connectivity index (χ0v) is 11.6. The van der Waals surface area contributed by atoms with Crippen molar-refractivity contribution in [2.45, 2.75) is 32.4 Å². The summed E-state index contributed by atoms with van der Waals surface area (Å²) in [7, 11) is 3.91. The number of anilines is 1. The summed E-state index contributed by atoms with van der Waals surface area (Å²) < 4.78 is 7.28. The Balaban J connectivity index is 1.98. The van der Waals surface area contributed by atoms with E-state index in [0.717, 1.165) is 31.3 Å². The molecule has 0 radical (unpaired) electrons. The maximum absolute atomic E-state index is 5.13. The Hall–Kier alpha value is -1.07. The average molecular weight is 252 g/mol. The number of aromatic nitrogens is 2. The van der Waals surface area contributed by atoms with Crippen LogP contribution in [0.1, 0.15) is 18.5 Å². The van der Waals surface area contributed by atoms with Gasteiger partial charge in [-0.1, -0.05) is 0 Å². The van der Waals surface area contributed by atoms with E-state index >= 15 is 0 Å². The number of nitrogens with one attached hydrogen (secondary N) is 1. The van der Waals surface area contributed by atoms with Crippen LogP contribution >= 0.6 is 0 Å². The van der Waals surface area contributed by atoms with Crippen LogP contribution in [0.4, 0.5) is 5.95 Å². The van der Waals surface area contributed by atoms with Gasteiger partial charge < -0.3 is 19.5 Å². The molecule has 5 nitrogen and oxygen atoms in total. The first-order valence-corrected chi connectivity index (χ1v) is 6.67. The topological polar surface area (TPSA) is 42.3 Å². The molecule has 18 heavy (non-hydrogen) atoms. The summed E-state index contributed by atoms with van der Waals surface area (Å²) in [5.74, 6) is 0.977. The summed E-state index contributed by atoms with van der Waals surface area (Å²) in [6, 6.07) is 0.506. The number of hydrogen-bond donors (Lipinski definition) is 1. The lowest BCUT2D eigenvalue weighted by atomic mass is 10.1. The van der Waals surface area contributed by atoms with Crippen LogP contribution in [-0.4, -0.2) is 54.3 Å². The van der Waals surface area contributed by atoms with Gasteiger partial charge in [-0.05, 0) is 33.4 Å². The second-order valence-electron chi connectivity index (χ2n) is 5.14. The first-order chi connectivity index (χ1) is 8.69. The van der Waals surface area contributed by atoms with Gasteiger partial charge >= 0.3 is 0 Å². The van der Waals surface area contributed by atoms with Crippen molar-refractivity contribution in [3.63, 3.8) is 0 Å². The van der Waals surface area contributed by atoms with Gasteiger partial charge in [0.25, 0.3) is 0 Å². The van der Waals surface area contributed by atoms with Gasteiger partial charge in [-0.2, -0.15) is 0 Å². The number of hydrogen-bond acceptors (Lipinski definition) is 4. The lowest BCUT2D eigenvalue weighted by Gasteiger charge is -2.30. The Morgan fingerprint density at radius 2 is 2.39 bits per heavy atom. The number of methoxy groups -OCH3 is 1. The van der Waals surface area contributed by atoms with Crippen molar-refractivity contribution < 1.29 is 4.74 Å². The summed E-state index contributed by atoms with van der Waals surface area (Å²) in [6.07, 6.45) is 4.56. The lowest BCUT2D eigenvalue weighted by molar-refractivity contribution is 0.187. The Labute approximate surface area is 109 Å². The Bertz CT molecular complexity index is 377. The molecular formula is C13H24N4O. The quantitative estimate of drug-likeness (QED) is 0.859. The molecule has 1 aliphatic heterocycles. The zero-order chi connectivity index (χ0) is 13.0. The Kier molecular flexibility index (Phi) is 4.60. The molecule has 0 spiro atoms. The van der Waals surface area contributed by atoms with E-state index in [9.17, 15) is 0 Å². The van der Waals surface area contributed by atoms with Crippen molar-refractivity contribution in [3.05, 3.63) is 11.9 Å². The number of ether oxygens (including phenoxy) is 1. The molecule has 2 rings (SSSR count). The number of piperidine rings is 1. The lowest BCUT2D eigenvalue weighted by Crippen LogP contribution is -2.40. The fourth-order valence-electron chi connectivity index (χ4n) is 2.49. The van der Waals surface area contributed by atoms with Gasteiger partial charge in [-0.15, -0.1) is 0 Å². The molecule has 0 amide bonds. The minimum absolute atomic E-state index is 0.506. The number of rotatable bonds is 5. The number of likely N-dealkylation sites (tertiary alicyclic amines) is 1. The van der Waals surface area contributed by atoms with E-state index in [2.05, 4.69) is 33.0 Å². The second kappa shape index (κ2) is 6.20. The van der Waals surface area contributed by atoms with Gasteiger partial charge in [0.15, 0.2) is 0 Å². The largest absolute Gasteiger partial charge is 0.383 e. The van der Waals surface area contributed by atoms with Gasteiger partial charge in [0.1, 0.15) is 0 Å². The molecule has 1 atom stereocenters. The standard InChI is InChI=1S/C13H24N4O/c1-11-9-17(7-8-18-3)13(14-11)15-12-5-4-6-16(2)10-12/h9,12H,4-8,10H2,1-3H3,(H,14,15). The number of nitrogens with zero attached hydrogens (tertiary/aromatic N) is 3. The van der Waals surface area contributed by atoms with Crippen molar-refractivity contribution in [1.29, 1.82) is 0 Å². The van der Waals surface area contributed by atoms with Crippen molar-refractivity contribution in [2.75, 3.05) is 39.2 Å². The van der Waals surface area contributed by atoms with E-state index in [1.54, 1.807) is 7.11 Å². The van der Waals surface area contributed by atoms with Crippen LogP contribution in [0, 0.1) is 6.92 Å². The molecule has 1 saturated heterocycles. The van der Waals surface area contributed by atoms with Gasteiger partial charge in [0, 0.05) is 32.4 Å². The van der Waals surface area contributed by atoms with Crippen LogP contribution < -0.4 is 5.32 Å². The van der Waals surface area contributed by atoms with E-state index in [1.165, 1.54) is 19.4 Å². The van der Waals surface area contributed by atoms with Crippen molar-refractivity contribution >= 4 is 5.95 Å². The normalized spacial score (nSPS) is 21.2. The first-order valence-electron chi connectivity index (χ1n) is 6.67. The van der Waals surface area contributed by atoms with E-state index in [-0.39, 0.29) is 0 Å². The highest BCUT2D eigenvalue weighted by atomic mass is 16.5. The molecule has 1 aromatic heterocycles. The predicted molar refractivity (Wildman–Crippen MR) is 73.0 cm³/mol. The van der Waals surface area contributed by atoms with Gasteiger partial charge in [-0.3, -0.25) is 0 Å². The molecule has 1 unspecified atom stereocenters. The van der Waals surface area contributed by atoms with Crippen LogP contribution in [0.5, 0.6) is 0 Å². The number of imidazole rings is 1. The van der Waals surface area contributed by atoms with Crippen molar-refractivity contribution in [2.24, 2.45) is 0 Å². The van der Waals surface area contributed by atoms with Crippen LogP contribution in [0.2, 0.25) is 0 Å². The van der Waals surface area contributed by atoms with E-state index < -0.39 is 0 Å². The molecule has 0 bridgehead atoms. The monoisotopic (exact) mass is 252 g/mol. The minimum Gasteiger partial charge on any atom is -0.383 e. The third kappa shape index (κ3) is 3.46. The third-order valence-corrected chi connectivity index (χ3v) is 3.39. The highest BCUT2D eigenvalue weighted by molar-refractivity contribution is 5.30. The fourth-order valence-corrected chi connectivity index (χ4v) is 2.49. The molecule has 1 aromatic rings. The molecule has 1 N–H and O–H groups in total. The molecule has 0 saturated carbocycles. The highest BCUT2D eigenvalue weighted by Gasteiger charge is 2.18. The SMILES string of the molecule is COCCn1cc(C)nc1NC1CCCN(C)C1. The average Bonchev–Trinajstić information content (AvgIpc) is 2.67. The van der Waals surface area contributed by atoms with E-state index in [0.29, 0.717) is 6.04 Å². The van der Waals surface area contributed by atoms with Gasteiger partial charge in [-0.25, -0.2) is 4.98 Å². The molecular weight excluding hydrogens is 228 g/mol. The second-order valence-corrected chi connectivity index (χ2v) is 5.14. The van der Waals surface area contributed by atoms with Gasteiger partial charge in [0.2, 0.25) is 5.95 Å². The van der Waals surface area contributed by atoms with Crippen LogP contribution in [-0.2, 0) is 11.3 Å². The van der Waals surface area contributed by atoms with Gasteiger partial charge in [0.05, 0.1) is 12.3 Å². The maximum Gasteiger partial charge on any atom is 0.203 e. The first kappa shape index (κ1) is 13.4. The summed E-state index contributed by atoms with van der Waals surface area (Å²) in [5.41, 5.74) is 1.05. The fraction of sp³-hybridized carbons (Fsp3) is 0.769. The molecule has 5 heteroatoms. The van der Waals surface area contributed by atoms with Crippen LogP contribution in [0.3, 0.4) is 0 Å². The Morgan fingerprint density at radius 3 is 3.11 bits per heavy atom. The van der Waals surface area contributed by atoms with E-state index in [1.807, 2.05) is 6.92 Å². The molecule has 1 aliphatic rings. The third-order valence-electron chi connectivity index (χ3n) is 3.39. The maximum atomic E-state index is 5.13. The summed E-state index contributed by atoms with van der Waals surface area (Å²) in [6.45, 7) is 5.89. The van der Waals surface area contributed by atoms with Crippen molar-refractivity contribution in [3.8, 4) is 0 Å². The summed E-state index contributed by atoms with van der Waals surface area (Å²) in [4.78, 5) is 6.93. The minimum atomic E-state index is 0.506. The molecule has 102 valence electrons. The predicted octanol–water partition coefficient (Wildman–Crippen LogP) is 1.34. The number of aryl methyl sites for hydroxylation is 1. The highest BCUT2D eigenvalue weighted by Crippen LogP contribution is 2.15. The molecule has 0 aromatic carbocycles. The summed E-state index contributed by atoms with van der Waals surface area (Å²) in [5, 5.41) is 3.56. The molecule has 2 heterocycles. The number of likely N-dealkylation sites (N-methyl/N-ethyl adjacent to an activating group) is 1. The summed E-state index contributed by atoms with van der Waals surface area (Å²) >= 11 is 0. The molecule has 0 aliphatic carbocycles. The Morgan fingerprint density at radius 1 is 1.56 bits per heavy atom. The molecule has 1 fully saturated rings.